The van der Waals surface area contributed by atoms with Crippen molar-refractivity contribution in [1.82, 2.24) is 0 Å². The smallest absolute Gasteiger partial charge is 0.0164 e. The van der Waals surface area contributed by atoms with Crippen LogP contribution in [0.25, 0.3) is 0 Å². The Balaban J connectivity index is 2.54. The molecular formula is C14H20. The first-order valence-electron chi connectivity index (χ1n) is 5.42. The predicted molar refractivity (Wildman–Crippen MR) is 64.1 cm³/mol. The molecule has 2 atom stereocenters. The summed E-state index contributed by atoms with van der Waals surface area (Å²) in [6, 6.07) is 0. The molecule has 0 nitrogen and oxygen atoms in total. The van der Waals surface area contributed by atoms with Crippen molar-refractivity contribution >= 4 is 0 Å². The second-order valence-corrected chi connectivity index (χ2v) is 3.90. The van der Waals surface area contributed by atoms with Crippen molar-refractivity contribution in [1.29, 1.82) is 0 Å². The van der Waals surface area contributed by atoms with Crippen LogP contribution >= 0.6 is 0 Å². The quantitative estimate of drug-likeness (QED) is 0.578. The second kappa shape index (κ2) is 6.42. The average Bonchev–Trinajstić information content (AvgIpc) is 2.15. The summed E-state index contributed by atoms with van der Waals surface area (Å²) in [6.45, 7) is 7.58. The van der Waals surface area contributed by atoms with Gasteiger partial charge in [0.15, 0.2) is 0 Å². The fourth-order valence-corrected chi connectivity index (χ4v) is 1.79. The van der Waals surface area contributed by atoms with Gasteiger partial charge in [-0.15, -0.1) is 13.2 Å². The van der Waals surface area contributed by atoms with Crippen LogP contribution in [0.15, 0.2) is 49.6 Å². The molecule has 1 aliphatic carbocycles. The highest BCUT2D eigenvalue weighted by molar-refractivity contribution is 5.04. The molecule has 2 unspecified atom stereocenters. The number of hydrogen-bond acceptors (Lipinski definition) is 0. The summed E-state index contributed by atoms with van der Waals surface area (Å²) in [7, 11) is 0. The van der Waals surface area contributed by atoms with Gasteiger partial charge in [-0.05, 0) is 37.5 Å². The second-order valence-electron chi connectivity index (χ2n) is 3.90. The molecule has 14 heavy (non-hydrogen) atoms. The topological polar surface area (TPSA) is 0 Å². The maximum absolute atomic E-state index is 3.79. The summed E-state index contributed by atoms with van der Waals surface area (Å²) in [5, 5.41) is 0. The van der Waals surface area contributed by atoms with E-state index in [1.54, 1.807) is 0 Å². The first kappa shape index (κ1) is 11.0. The lowest BCUT2D eigenvalue weighted by Gasteiger charge is -2.14. The van der Waals surface area contributed by atoms with Crippen LogP contribution in [0.4, 0.5) is 0 Å². The minimum absolute atomic E-state index is 0.649. The van der Waals surface area contributed by atoms with Crippen LogP contribution in [0.2, 0.25) is 0 Å². The lowest BCUT2D eigenvalue weighted by atomic mass is 9.92. The van der Waals surface area contributed by atoms with Gasteiger partial charge in [0.25, 0.3) is 0 Å². The van der Waals surface area contributed by atoms with Crippen molar-refractivity contribution in [3.63, 3.8) is 0 Å². The Bertz CT molecular complexity index is 208. The van der Waals surface area contributed by atoms with Crippen LogP contribution < -0.4 is 0 Å². The Kier molecular flexibility index (Phi) is 5.06. The Hall–Kier alpha value is -1.04. The van der Waals surface area contributed by atoms with E-state index < -0.39 is 0 Å². The maximum Gasteiger partial charge on any atom is -0.0164 e. The highest BCUT2D eigenvalue weighted by Crippen LogP contribution is 2.20. The van der Waals surface area contributed by atoms with Crippen LogP contribution in [-0.2, 0) is 0 Å². The van der Waals surface area contributed by atoms with E-state index in [1.807, 2.05) is 12.2 Å². The summed E-state index contributed by atoms with van der Waals surface area (Å²) in [5.41, 5.74) is 0. The van der Waals surface area contributed by atoms with Gasteiger partial charge in [0.05, 0.1) is 0 Å². The molecule has 76 valence electrons. The first-order valence-corrected chi connectivity index (χ1v) is 5.42. The van der Waals surface area contributed by atoms with Crippen LogP contribution in [0.3, 0.4) is 0 Å². The Morgan fingerprint density at radius 2 is 1.36 bits per heavy atom. The minimum Gasteiger partial charge on any atom is -0.103 e. The highest BCUT2D eigenvalue weighted by atomic mass is 14.1. The van der Waals surface area contributed by atoms with Crippen LogP contribution in [-0.4, -0.2) is 0 Å². The zero-order chi connectivity index (χ0) is 10.2. The van der Waals surface area contributed by atoms with Gasteiger partial charge in [-0.2, -0.15) is 0 Å². The van der Waals surface area contributed by atoms with Crippen molar-refractivity contribution in [3.05, 3.63) is 49.6 Å². The molecule has 0 amide bonds. The van der Waals surface area contributed by atoms with E-state index in [1.165, 1.54) is 0 Å². The van der Waals surface area contributed by atoms with Crippen molar-refractivity contribution in [3.8, 4) is 0 Å². The van der Waals surface area contributed by atoms with Crippen molar-refractivity contribution in [2.24, 2.45) is 11.8 Å². The highest BCUT2D eigenvalue weighted by Gasteiger charge is 2.06. The van der Waals surface area contributed by atoms with Crippen molar-refractivity contribution < 1.29 is 0 Å². The molecule has 0 aliphatic heterocycles. The molecule has 0 heterocycles. The molecule has 0 saturated carbocycles. The monoisotopic (exact) mass is 188 g/mol. The summed E-state index contributed by atoms with van der Waals surface area (Å²) in [4.78, 5) is 0. The SMILES string of the molecule is C=CCC1/C=C\C(CC=C)C/C=C\C1. The molecule has 0 saturated heterocycles. The van der Waals surface area contributed by atoms with Gasteiger partial charge >= 0.3 is 0 Å². The largest absolute Gasteiger partial charge is 0.103 e. The molecule has 0 bridgehead atoms. The summed E-state index contributed by atoms with van der Waals surface area (Å²) in [5.74, 6) is 1.30. The number of rotatable bonds is 4. The normalized spacial score (nSPS) is 31.1. The molecule has 0 aromatic rings. The third kappa shape index (κ3) is 3.78. The summed E-state index contributed by atoms with van der Waals surface area (Å²) < 4.78 is 0. The summed E-state index contributed by atoms with van der Waals surface area (Å²) in [6.07, 6.45) is 17.8. The third-order valence-electron chi connectivity index (χ3n) is 2.64. The Morgan fingerprint density at radius 3 is 1.71 bits per heavy atom. The molecular weight excluding hydrogens is 168 g/mol. The van der Waals surface area contributed by atoms with Gasteiger partial charge in [-0.25, -0.2) is 0 Å². The van der Waals surface area contributed by atoms with Gasteiger partial charge in [0.1, 0.15) is 0 Å². The molecule has 0 spiro atoms. The van der Waals surface area contributed by atoms with Gasteiger partial charge in [-0.3, -0.25) is 0 Å². The molecule has 0 heteroatoms. The predicted octanol–water partition coefficient (Wildman–Crippen LogP) is 4.28. The fourth-order valence-electron chi connectivity index (χ4n) is 1.79. The zero-order valence-electron chi connectivity index (χ0n) is 8.86. The minimum atomic E-state index is 0.649. The van der Waals surface area contributed by atoms with E-state index in [9.17, 15) is 0 Å². The maximum atomic E-state index is 3.79. The summed E-state index contributed by atoms with van der Waals surface area (Å²) >= 11 is 0. The van der Waals surface area contributed by atoms with E-state index >= 15 is 0 Å². The van der Waals surface area contributed by atoms with E-state index in [4.69, 9.17) is 0 Å². The van der Waals surface area contributed by atoms with E-state index in [2.05, 4.69) is 37.5 Å². The molecule has 1 aliphatic rings. The van der Waals surface area contributed by atoms with Crippen LogP contribution in [0.5, 0.6) is 0 Å². The van der Waals surface area contributed by atoms with E-state index in [-0.39, 0.29) is 0 Å². The average molecular weight is 188 g/mol. The first-order chi connectivity index (χ1) is 6.86. The van der Waals surface area contributed by atoms with Gasteiger partial charge < -0.3 is 0 Å². The van der Waals surface area contributed by atoms with E-state index in [0.29, 0.717) is 11.8 Å². The van der Waals surface area contributed by atoms with Gasteiger partial charge in [0, 0.05) is 0 Å². The van der Waals surface area contributed by atoms with Crippen molar-refractivity contribution in [2.45, 2.75) is 25.7 Å². The van der Waals surface area contributed by atoms with Crippen LogP contribution in [0, 0.1) is 11.8 Å². The van der Waals surface area contributed by atoms with Gasteiger partial charge in [-0.1, -0.05) is 36.5 Å². The zero-order valence-corrected chi connectivity index (χ0v) is 8.86. The molecule has 0 N–H and O–H groups in total. The molecule has 0 radical (unpaired) electrons. The lowest BCUT2D eigenvalue weighted by Crippen LogP contribution is -2.00. The van der Waals surface area contributed by atoms with Crippen molar-refractivity contribution in [2.75, 3.05) is 0 Å². The van der Waals surface area contributed by atoms with E-state index in [0.717, 1.165) is 25.7 Å². The number of allylic oxidation sites excluding steroid dienone is 6. The Labute approximate surface area is 87.7 Å². The molecule has 0 aromatic heterocycles. The molecule has 0 fully saturated rings. The molecule has 1 rings (SSSR count). The molecule has 0 aromatic carbocycles. The fraction of sp³-hybridized carbons (Fsp3) is 0.429. The standard InChI is InChI=1S/C14H20/c1-3-7-13-9-5-6-10-14(8-4-2)12-11-13/h3-6,11-14H,1-2,7-10H2/b6-5-,12-11-. The van der Waals surface area contributed by atoms with Crippen LogP contribution in [0.1, 0.15) is 25.7 Å². The third-order valence-corrected chi connectivity index (χ3v) is 2.64. The van der Waals surface area contributed by atoms with Gasteiger partial charge in [0.2, 0.25) is 0 Å². The Morgan fingerprint density at radius 1 is 0.929 bits per heavy atom. The lowest BCUT2D eigenvalue weighted by molar-refractivity contribution is 0.619. The number of hydrogen-bond donors (Lipinski definition) is 0.